The van der Waals surface area contributed by atoms with Crippen LogP contribution in [0.5, 0.6) is 0 Å². The number of allylic oxidation sites excluding steroid dienone is 1. The van der Waals surface area contributed by atoms with Gasteiger partial charge in [0.15, 0.2) is 0 Å². The Morgan fingerprint density at radius 3 is 2.71 bits per heavy atom. The zero-order chi connectivity index (χ0) is 10.6. The van der Waals surface area contributed by atoms with Crippen LogP contribution in [0.15, 0.2) is 25.3 Å². The fourth-order valence-electron chi connectivity index (χ4n) is 2.06. The van der Waals surface area contributed by atoms with Gasteiger partial charge in [-0.25, -0.2) is 4.79 Å². The van der Waals surface area contributed by atoms with E-state index in [0.717, 1.165) is 6.42 Å². The van der Waals surface area contributed by atoms with E-state index in [0.29, 0.717) is 24.4 Å². The van der Waals surface area contributed by atoms with Gasteiger partial charge in [0, 0.05) is 6.08 Å². The molecule has 0 N–H and O–H groups in total. The Bertz CT molecular complexity index is 232. The first-order valence-electron chi connectivity index (χ1n) is 5.09. The number of hydrogen-bond acceptors (Lipinski definition) is 2. The summed E-state index contributed by atoms with van der Waals surface area (Å²) in [5.41, 5.74) is 0. The summed E-state index contributed by atoms with van der Waals surface area (Å²) in [4.78, 5) is 10.9. The van der Waals surface area contributed by atoms with Crippen LogP contribution in [0.3, 0.4) is 0 Å². The normalized spacial score (nSPS) is 31.1. The topological polar surface area (TPSA) is 26.3 Å². The summed E-state index contributed by atoms with van der Waals surface area (Å²) >= 11 is 0. The minimum Gasteiger partial charge on any atom is -0.462 e. The SMILES string of the molecule is C=CC(=O)OCC1CC(C=C)CC1C. The van der Waals surface area contributed by atoms with Crippen LogP contribution in [0.2, 0.25) is 0 Å². The number of ether oxygens (including phenoxy) is 1. The average Bonchev–Trinajstić information content (AvgIpc) is 2.55. The van der Waals surface area contributed by atoms with Crippen molar-refractivity contribution in [2.75, 3.05) is 6.61 Å². The molecular weight excluding hydrogens is 176 g/mol. The molecule has 14 heavy (non-hydrogen) atoms. The van der Waals surface area contributed by atoms with Crippen molar-refractivity contribution in [2.45, 2.75) is 19.8 Å². The predicted octanol–water partition coefficient (Wildman–Crippen LogP) is 2.56. The maximum absolute atomic E-state index is 10.9. The number of hydrogen-bond donors (Lipinski definition) is 0. The molecule has 0 aromatic carbocycles. The lowest BCUT2D eigenvalue weighted by atomic mass is 9.99. The summed E-state index contributed by atoms with van der Waals surface area (Å²) in [6.45, 7) is 9.89. The van der Waals surface area contributed by atoms with E-state index in [2.05, 4.69) is 20.1 Å². The van der Waals surface area contributed by atoms with E-state index in [9.17, 15) is 4.79 Å². The van der Waals surface area contributed by atoms with Gasteiger partial charge in [0.25, 0.3) is 0 Å². The van der Waals surface area contributed by atoms with Gasteiger partial charge in [-0.1, -0.05) is 19.6 Å². The van der Waals surface area contributed by atoms with Gasteiger partial charge in [0.1, 0.15) is 0 Å². The molecule has 1 aliphatic rings. The first-order chi connectivity index (χ1) is 6.67. The second-order valence-corrected chi connectivity index (χ2v) is 4.04. The van der Waals surface area contributed by atoms with Crippen molar-refractivity contribution < 1.29 is 9.53 Å². The van der Waals surface area contributed by atoms with E-state index in [-0.39, 0.29) is 5.97 Å². The van der Waals surface area contributed by atoms with Gasteiger partial charge >= 0.3 is 5.97 Å². The molecule has 0 heterocycles. The van der Waals surface area contributed by atoms with Crippen molar-refractivity contribution >= 4 is 5.97 Å². The molecule has 1 fully saturated rings. The lowest BCUT2D eigenvalue weighted by Gasteiger charge is -2.13. The van der Waals surface area contributed by atoms with Gasteiger partial charge < -0.3 is 4.74 Å². The summed E-state index contributed by atoms with van der Waals surface area (Å²) in [5.74, 6) is 1.38. The molecule has 1 saturated carbocycles. The lowest BCUT2D eigenvalue weighted by Crippen LogP contribution is -2.14. The first-order valence-corrected chi connectivity index (χ1v) is 5.09. The number of carbonyl (C=O) groups is 1. The molecule has 0 bridgehead atoms. The van der Waals surface area contributed by atoms with Crippen LogP contribution in [-0.2, 0) is 9.53 Å². The Labute approximate surface area is 85.6 Å². The highest BCUT2D eigenvalue weighted by Gasteiger charge is 2.30. The highest BCUT2D eigenvalue weighted by atomic mass is 16.5. The Morgan fingerprint density at radius 2 is 2.21 bits per heavy atom. The van der Waals surface area contributed by atoms with Crippen molar-refractivity contribution in [3.63, 3.8) is 0 Å². The van der Waals surface area contributed by atoms with Gasteiger partial charge in [-0.05, 0) is 30.6 Å². The molecule has 3 unspecified atom stereocenters. The summed E-state index contributed by atoms with van der Waals surface area (Å²) in [5, 5.41) is 0. The van der Waals surface area contributed by atoms with Crippen molar-refractivity contribution in [3.05, 3.63) is 25.3 Å². The molecule has 0 amide bonds. The van der Waals surface area contributed by atoms with E-state index >= 15 is 0 Å². The van der Waals surface area contributed by atoms with E-state index in [4.69, 9.17) is 4.74 Å². The van der Waals surface area contributed by atoms with Crippen molar-refractivity contribution in [1.82, 2.24) is 0 Å². The van der Waals surface area contributed by atoms with Gasteiger partial charge in [-0.15, -0.1) is 6.58 Å². The molecule has 78 valence electrons. The third-order valence-corrected chi connectivity index (χ3v) is 3.02. The zero-order valence-corrected chi connectivity index (χ0v) is 8.74. The Hall–Kier alpha value is -1.05. The second kappa shape index (κ2) is 4.99. The average molecular weight is 194 g/mol. The van der Waals surface area contributed by atoms with Gasteiger partial charge in [0.05, 0.1) is 6.61 Å². The fraction of sp³-hybridized carbons (Fsp3) is 0.583. The van der Waals surface area contributed by atoms with E-state index in [1.807, 2.05) is 6.08 Å². The molecule has 0 aromatic rings. The molecule has 1 aliphatic carbocycles. The monoisotopic (exact) mass is 194 g/mol. The van der Waals surface area contributed by atoms with Crippen LogP contribution in [0.4, 0.5) is 0 Å². The fourth-order valence-corrected chi connectivity index (χ4v) is 2.06. The molecule has 0 aliphatic heterocycles. The Balaban J connectivity index is 2.34. The standard InChI is InChI=1S/C12H18O2/c1-4-10-6-9(3)11(7-10)8-14-12(13)5-2/h4-5,9-11H,1-2,6-8H2,3H3. The minimum atomic E-state index is -0.320. The molecular formula is C12H18O2. The van der Waals surface area contributed by atoms with E-state index in [1.54, 1.807) is 0 Å². The maximum Gasteiger partial charge on any atom is 0.330 e. The zero-order valence-electron chi connectivity index (χ0n) is 8.74. The van der Waals surface area contributed by atoms with Crippen LogP contribution in [-0.4, -0.2) is 12.6 Å². The van der Waals surface area contributed by atoms with Crippen LogP contribution < -0.4 is 0 Å². The second-order valence-electron chi connectivity index (χ2n) is 4.04. The van der Waals surface area contributed by atoms with Crippen molar-refractivity contribution in [2.24, 2.45) is 17.8 Å². The lowest BCUT2D eigenvalue weighted by molar-refractivity contribution is -0.139. The summed E-state index contributed by atoms with van der Waals surface area (Å²) in [7, 11) is 0. The minimum absolute atomic E-state index is 0.320. The van der Waals surface area contributed by atoms with Gasteiger partial charge in [0.2, 0.25) is 0 Å². The summed E-state index contributed by atoms with van der Waals surface area (Å²) < 4.78 is 5.05. The van der Waals surface area contributed by atoms with Gasteiger partial charge in [-0.3, -0.25) is 0 Å². The molecule has 3 atom stereocenters. The highest BCUT2D eigenvalue weighted by Crippen LogP contribution is 2.36. The molecule has 2 heteroatoms. The molecule has 0 saturated heterocycles. The summed E-state index contributed by atoms with van der Waals surface area (Å²) in [6, 6.07) is 0. The number of esters is 1. The van der Waals surface area contributed by atoms with Crippen LogP contribution in [0.1, 0.15) is 19.8 Å². The van der Waals surface area contributed by atoms with Crippen LogP contribution in [0.25, 0.3) is 0 Å². The maximum atomic E-state index is 10.9. The van der Waals surface area contributed by atoms with Crippen LogP contribution in [0, 0.1) is 17.8 Å². The third-order valence-electron chi connectivity index (χ3n) is 3.02. The van der Waals surface area contributed by atoms with E-state index < -0.39 is 0 Å². The first kappa shape index (κ1) is 11.0. The molecule has 0 radical (unpaired) electrons. The molecule has 0 spiro atoms. The highest BCUT2D eigenvalue weighted by molar-refractivity contribution is 5.81. The quantitative estimate of drug-likeness (QED) is 0.390. The Morgan fingerprint density at radius 1 is 1.50 bits per heavy atom. The number of carbonyl (C=O) groups excluding carboxylic acids is 1. The molecule has 2 nitrogen and oxygen atoms in total. The summed E-state index contributed by atoms with van der Waals surface area (Å²) in [6.07, 6.45) is 5.48. The van der Waals surface area contributed by atoms with E-state index in [1.165, 1.54) is 12.5 Å². The van der Waals surface area contributed by atoms with Crippen molar-refractivity contribution in [3.8, 4) is 0 Å². The van der Waals surface area contributed by atoms with Gasteiger partial charge in [-0.2, -0.15) is 0 Å². The molecule has 0 aromatic heterocycles. The Kier molecular flexibility index (Phi) is 3.93. The van der Waals surface area contributed by atoms with Crippen molar-refractivity contribution in [1.29, 1.82) is 0 Å². The third kappa shape index (κ3) is 2.72. The largest absolute Gasteiger partial charge is 0.462 e. The number of rotatable bonds is 4. The van der Waals surface area contributed by atoms with Crippen LogP contribution >= 0.6 is 0 Å². The smallest absolute Gasteiger partial charge is 0.330 e. The predicted molar refractivity (Wildman–Crippen MR) is 56.7 cm³/mol. The molecule has 1 rings (SSSR count).